The molecule has 124 valence electrons. The second-order valence-electron chi connectivity index (χ2n) is 5.23. The predicted octanol–water partition coefficient (Wildman–Crippen LogP) is 3.95. The summed E-state index contributed by atoms with van der Waals surface area (Å²) in [5.74, 6) is 0.418. The zero-order valence-electron chi connectivity index (χ0n) is 13.1. The van der Waals surface area contributed by atoms with Gasteiger partial charge in [-0.1, -0.05) is 28.1 Å². The molecule has 0 N–H and O–H groups in total. The smallest absolute Gasteiger partial charge is 0.223 e. The van der Waals surface area contributed by atoms with E-state index in [1.807, 2.05) is 6.07 Å². The highest BCUT2D eigenvalue weighted by Gasteiger charge is 2.17. The first kappa shape index (κ1) is 18.0. The van der Waals surface area contributed by atoms with Gasteiger partial charge in [-0.25, -0.2) is 0 Å². The molecule has 1 amide bonds. The van der Waals surface area contributed by atoms with Gasteiger partial charge in [0.2, 0.25) is 5.91 Å². The second kappa shape index (κ2) is 9.04. The molecule has 0 atom stereocenters. The van der Waals surface area contributed by atoms with Gasteiger partial charge >= 0.3 is 0 Å². The summed E-state index contributed by atoms with van der Waals surface area (Å²) in [6, 6.07) is 12.6. The van der Waals surface area contributed by atoms with Crippen molar-refractivity contribution >= 4 is 27.6 Å². The highest BCUT2D eigenvalue weighted by Crippen LogP contribution is 2.14. The van der Waals surface area contributed by atoms with Crippen LogP contribution in [0.15, 0.2) is 51.6 Å². The molecule has 6 heteroatoms. The van der Waals surface area contributed by atoms with Gasteiger partial charge in [0.25, 0.3) is 0 Å². The Labute approximate surface area is 149 Å². The van der Waals surface area contributed by atoms with Gasteiger partial charge in [-0.3, -0.25) is 9.59 Å². The molecule has 0 aliphatic heterocycles. The molecule has 0 spiro atoms. The molecule has 0 aliphatic rings. The quantitative estimate of drug-likeness (QED) is 0.641. The summed E-state index contributed by atoms with van der Waals surface area (Å²) in [5, 5.41) is 8.74. The molecule has 1 aromatic carbocycles. The fourth-order valence-electron chi connectivity index (χ4n) is 2.23. The largest absolute Gasteiger partial charge is 0.467 e. The van der Waals surface area contributed by atoms with Crippen molar-refractivity contribution in [3.05, 3.63) is 58.5 Å². The Morgan fingerprint density at radius 2 is 1.92 bits per heavy atom. The molecule has 0 bridgehead atoms. The minimum absolute atomic E-state index is 0.0749. The van der Waals surface area contributed by atoms with Gasteiger partial charge in [0, 0.05) is 29.4 Å². The van der Waals surface area contributed by atoms with Crippen molar-refractivity contribution in [1.82, 2.24) is 4.90 Å². The minimum atomic E-state index is -0.160. The van der Waals surface area contributed by atoms with E-state index in [4.69, 9.17) is 9.68 Å². The van der Waals surface area contributed by atoms with Gasteiger partial charge in [0.15, 0.2) is 5.78 Å². The van der Waals surface area contributed by atoms with Crippen LogP contribution in [0.3, 0.4) is 0 Å². The maximum atomic E-state index is 12.4. The molecule has 5 nitrogen and oxygen atoms in total. The molecule has 0 saturated heterocycles. The predicted molar refractivity (Wildman–Crippen MR) is 92.1 cm³/mol. The van der Waals surface area contributed by atoms with Crippen LogP contribution in [0, 0.1) is 11.3 Å². The van der Waals surface area contributed by atoms with Crippen LogP contribution < -0.4 is 0 Å². The van der Waals surface area contributed by atoms with Gasteiger partial charge in [-0.15, -0.1) is 0 Å². The van der Waals surface area contributed by atoms with Crippen LogP contribution in [0.1, 0.15) is 35.4 Å². The van der Waals surface area contributed by atoms with E-state index in [1.54, 1.807) is 47.6 Å². The summed E-state index contributed by atoms with van der Waals surface area (Å²) in [7, 11) is 0. The first-order chi connectivity index (χ1) is 11.6. The number of ketones is 1. The standard InChI is InChI=1S/C18H17BrN2O3/c19-15-6-4-14(5-7-15)17(22)8-9-18(23)21(11-2-10-20)13-16-3-1-12-24-16/h1,3-7,12H,2,8-9,11,13H2. The first-order valence-corrected chi connectivity index (χ1v) is 8.35. The highest BCUT2D eigenvalue weighted by atomic mass is 79.9. The number of nitrogens with zero attached hydrogens (tertiary/aromatic N) is 2. The Balaban J connectivity index is 1.92. The zero-order valence-corrected chi connectivity index (χ0v) is 14.7. The maximum absolute atomic E-state index is 12.4. The summed E-state index contributed by atoms with van der Waals surface area (Å²) >= 11 is 3.32. The molecule has 24 heavy (non-hydrogen) atoms. The molecule has 0 saturated carbocycles. The number of Topliss-reactive ketones (excluding diaryl/α,β-unsaturated/α-hetero) is 1. The second-order valence-corrected chi connectivity index (χ2v) is 6.15. The average Bonchev–Trinajstić information content (AvgIpc) is 3.10. The van der Waals surface area contributed by atoms with Crippen LogP contribution in [-0.4, -0.2) is 23.1 Å². The number of rotatable bonds is 8. The summed E-state index contributed by atoms with van der Waals surface area (Å²) in [4.78, 5) is 26.1. The van der Waals surface area contributed by atoms with Crippen molar-refractivity contribution in [3.8, 4) is 6.07 Å². The van der Waals surface area contributed by atoms with E-state index in [2.05, 4.69) is 15.9 Å². The third-order valence-electron chi connectivity index (χ3n) is 3.51. The molecule has 1 heterocycles. The van der Waals surface area contributed by atoms with E-state index < -0.39 is 0 Å². The van der Waals surface area contributed by atoms with Gasteiger partial charge in [-0.05, 0) is 24.3 Å². The number of furan rings is 1. The number of hydrogen-bond donors (Lipinski definition) is 0. The Kier molecular flexibility index (Phi) is 6.76. The third kappa shape index (κ3) is 5.36. The Morgan fingerprint density at radius 1 is 1.17 bits per heavy atom. The van der Waals surface area contributed by atoms with Gasteiger partial charge in [0.05, 0.1) is 25.3 Å². The van der Waals surface area contributed by atoms with Crippen LogP contribution >= 0.6 is 15.9 Å². The third-order valence-corrected chi connectivity index (χ3v) is 4.03. The lowest BCUT2D eigenvalue weighted by Crippen LogP contribution is -2.31. The number of hydrogen-bond acceptors (Lipinski definition) is 4. The van der Waals surface area contributed by atoms with Crippen LogP contribution in [0.2, 0.25) is 0 Å². The monoisotopic (exact) mass is 388 g/mol. The number of amides is 1. The fraction of sp³-hybridized carbons (Fsp3) is 0.278. The lowest BCUT2D eigenvalue weighted by Gasteiger charge is -2.20. The molecule has 0 aliphatic carbocycles. The van der Waals surface area contributed by atoms with Crippen molar-refractivity contribution in [2.45, 2.75) is 25.8 Å². The summed E-state index contributed by atoms with van der Waals surface area (Å²) in [6.07, 6.45) is 2.04. The van der Waals surface area contributed by atoms with Crippen molar-refractivity contribution in [3.63, 3.8) is 0 Å². The highest BCUT2D eigenvalue weighted by molar-refractivity contribution is 9.10. The van der Waals surface area contributed by atoms with Crippen molar-refractivity contribution in [2.24, 2.45) is 0 Å². The van der Waals surface area contributed by atoms with E-state index >= 15 is 0 Å². The van der Waals surface area contributed by atoms with Gasteiger partial charge in [0.1, 0.15) is 5.76 Å². The number of carbonyl (C=O) groups is 2. The summed E-state index contributed by atoms with van der Waals surface area (Å²) in [5.41, 5.74) is 0.584. The van der Waals surface area contributed by atoms with Crippen molar-refractivity contribution in [2.75, 3.05) is 6.54 Å². The van der Waals surface area contributed by atoms with Crippen molar-refractivity contribution < 1.29 is 14.0 Å². The number of carbonyl (C=O) groups excluding carboxylic acids is 2. The van der Waals surface area contributed by atoms with E-state index in [0.29, 0.717) is 24.4 Å². The maximum Gasteiger partial charge on any atom is 0.223 e. The molecule has 2 rings (SSSR count). The molecule has 1 aromatic heterocycles. The van der Waals surface area contributed by atoms with E-state index in [9.17, 15) is 9.59 Å². The number of nitriles is 1. The number of benzene rings is 1. The van der Waals surface area contributed by atoms with E-state index in [1.165, 1.54) is 0 Å². The lowest BCUT2D eigenvalue weighted by atomic mass is 10.1. The van der Waals surface area contributed by atoms with Crippen LogP contribution in [0.4, 0.5) is 0 Å². The van der Waals surface area contributed by atoms with E-state index in [-0.39, 0.29) is 31.0 Å². The van der Waals surface area contributed by atoms with E-state index in [0.717, 1.165) is 4.47 Å². The minimum Gasteiger partial charge on any atom is -0.467 e. The number of halogens is 1. The molecule has 0 unspecified atom stereocenters. The molecule has 2 aromatic rings. The molecule has 0 fully saturated rings. The topological polar surface area (TPSA) is 74.3 Å². The average molecular weight is 389 g/mol. The Hall–Kier alpha value is -2.39. The van der Waals surface area contributed by atoms with Crippen LogP contribution in [0.5, 0.6) is 0 Å². The SMILES string of the molecule is N#CCCN(Cc1ccco1)C(=O)CCC(=O)c1ccc(Br)cc1. The summed E-state index contributed by atoms with van der Waals surface area (Å²) in [6.45, 7) is 0.627. The zero-order chi connectivity index (χ0) is 17.4. The normalized spacial score (nSPS) is 10.2. The fourth-order valence-corrected chi connectivity index (χ4v) is 2.49. The van der Waals surface area contributed by atoms with Crippen LogP contribution in [0.25, 0.3) is 0 Å². The van der Waals surface area contributed by atoms with Gasteiger partial charge < -0.3 is 9.32 Å². The van der Waals surface area contributed by atoms with Gasteiger partial charge in [-0.2, -0.15) is 5.26 Å². The molecular formula is C18H17BrN2O3. The Morgan fingerprint density at radius 3 is 2.54 bits per heavy atom. The molecular weight excluding hydrogens is 372 g/mol. The summed E-state index contributed by atoms with van der Waals surface area (Å²) < 4.78 is 6.15. The lowest BCUT2D eigenvalue weighted by molar-refractivity contribution is -0.132. The van der Waals surface area contributed by atoms with Crippen molar-refractivity contribution in [1.29, 1.82) is 5.26 Å². The first-order valence-electron chi connectivity index (χ1n) is 7.56. The van der Waals surface area contributed by atoms with Crippen LogP contribution in [-0.2, 0) is 11.3 Å². The Bertz CT molecular complexity index is 718. The molecule has 0 radical (unpaired) electrons.